The van der Waals surface area contributed by atoms with E-state index in [1.54, 1.807) is 30.6 Å². The number of amides is 1. The number of anilines is 2. The predicted octanol–water partition coefficient (Wildman–Crippen LogP) is 4.26. The number of hydrogen-bond acceptors (Lipinski definition) is 8. The molecule has 2 atom stereocenters. The van der Waals surface area contributed by atoms with Crippen molar-refractivity contribution in [1.82, 2.24) is 20.3 Å². The maximum absolute atomic E-state index is 13.3. The normalized spacial score (nSPS) is 17.6. The number of carbonyl (C=O) groups is 1. The second kappa shape index (κ2) is 10.2. The second-order valence-corrected chi connectivity index (χ2v) is 8.88. The largest absolute Gasteiger partial charge is 0.467 e. The van der Waals surface area contributed by atoms with Crippen molar-refractivity contribution in [2.45, 2.75) is 25.9 Å². The Balaban J connectivity index is 1.41. The number of pyridine rings is 1. The number of aromatic nitrogens is 3. The molecular weight excluding hydrogens is 456 g/mol. The maximum atomic E-state index is 13.3. The number of ether oxygens (including phenoxy) is 2. The number of para-hydroxylation sites is 1. The minimum Gasteiger partial charge on any atom is -0.467 e. The molecule has 5 rings (SSSR count). The molecule has 1 aliphatic rings. The topological polar surface area (TPSA) is 102 Å². The van der Waals surface area contributed by atoms with Crippen LogP contribution in [-0.4, -0.2) is 53.1 Å². The summed E-state index contributed by atoms with van der Waals surface area (Å²) in [6.07, 6.45) is 3.29. The molecule has 0 bridgehead atoms. The molecule has 4 aromatic rings. The van der Waals surface area contributed by atoms with Gasteiger partial charge in [0.1, 0.15) is 5.75 Å². The molecule has 184 valence electrons. The number of rotatable bonds is 6. The fourth-order valence-electron chi connectivity index (χ4n) is 4.49. The first-order valence-corrected chi connectivity index (χ1v) is 11.8. The van der Waals surface area contributed by atoms with Crippen molar-refractivity contribution in [3.8, 4) is 17.6 Å². The summed E-state index contributed by atoms with van der Waals surface area (Å²) in [5.74, 6) is 0.828. The Morgan fingerprint density at radius 2 is 1.78 bits per heavy atom. The van der Waals surface area contributed by atoms with Crippen molar-refractivity contribution in [1.29, 1.82) is 0 Å². The molecule has 0 radical (unpaired) electrons. The standard InChI is InChI=1S/C27H28N6O3/c1-17-15-33(16-18(2)30-17)23-11-10-21(25-22(23)14-29-27(32-25)35-3)26(34)31-19-9-12-24(28-13-19)36-20-7-5-4-6-8-20/h4-14,17-18,30H,15-16H2,1-3H3,(H,31,34)/t17-,18-/m1/s1. The zero-order chi connectivity index (χ0) is 25.1. The van der Waals surface area contributed by atoms with Gasteiger partial charge in [-0.05, 0) is 44.2 Å². The molecular formula is C27H28N6O3. The lowest BCUT2D eigenvalue weighted by atomic mass is 10.0. The summed E-state index contributed by atoms with van der Waals surface area (Å²) in [5.41, 5.74) is 2.50. The Morgan fingerprint density at radius 3 is 2.47 bits per heavy atom. The Hall–Kier alpha value is -4.24. The minimum absolute atomic E-state index is 0.208. The van der Waals surface area contributed by atoms with Crippen LogP contribution in [0.25, 0.3) is 10.9 Å². The van der Waals surface area contributed by atoms with E-state index in [9.17, 15) is 4.79 Å². The van der Waals surface area contributed by atoms with E-state index < -0.39 is 0 Å². The van der Waals surface area contributed by atoms with Crippen LogP contribution >= 0.6 is 0 Å². The second-order valence-electron chi connectivity index (χ2n) is 8.88. The highest BCUT2D eigenvalue weighted by atomic mass is 16.5. The highest BCUT2D eigenvalue weighted by molar-refractivity contribution is 6.13. The zero-order valence-corrected chi connectivity index (χ0v) is 20.4. The molecule has 2 N–H and O–H groups in total. The Kier molecular flexibility index (Phi) is 6.64. The lowest BCUT2D eigenvalue weighted by Crippen LogP contribution is -2.54. The van der Waals surface area contributed by atoms with Crippen LogP contribution in [0, 0.1) is 0 Å². The summed E-state index contributed by atoms with van der Waals surface area (Å²) in [7, 11) is 1.51. The average Bonchev–Trinajstić information content (AvgIpc) is 2.88. The van der Waals surface area contributed by atoms with Gasteiger partial charge in [0, 0.05) is 48.5 Å². The quantitative estimate of drug-likeness (QED) is 0.419. The third kappa shape index (κ3) is 5.06. The molecule has 2 aromatic carbocycles. The van der Waals surface area contributed by atoms with Crippen molar-refractivity contribution in [2.75, 3.05) is 30.4 Å². The van der Waals surface area contributed by atoms with E-state index in [2.05, 4.69) is 44.3 Å². The van der Waals surface area contributed by atoms with Gasteiger partial charge in [-0.15, -0.1) is 0 Å². The van der Waals surface area contributed by atoms with Gasteiger partial charge in [0.2, 0.25) is 5.88 Å². The first-order chi connectivity index (χ1) is 17.5. The van der Waals surface area contributed by atoms with Gasteiger partial charge in [-0.25, -0.2) is 9.97 Å². The van der Waals surface area contributed by atoms with Crippen LogP contribution in [0.4, 0.5) is 11.4 Å². The van der Waals surface area contributed by atoms with E-state index >= 15 is 0 Å². The van der Waals surface area contributed by atoms with E-state index in [-0.39, 0.29) is 11.9 Å². The molecule has 1 aliphatic heterocycles. The van der Waals surface area contributed by atoms with Crippen LogP contribution in [-0.2, 0) is 0 Å². The third-order valence-corrected chi connectivity index (χ3v) is 5.99. The number of nitrogens with zero attached hydrogens (tertiary/aromatic N) is 4. The molecule has 36 heavy (non-hydrogen) atoms. The van der Waals surface area contributed by atoms with Gasteiger partial charge >= 0.3 is 6.01 Å². The van der Waals surface area contributed by atoms with Crippen LogP contribution in [0.1, 0.15) is 24.2 Å². The van der Waals surface area contributed by atoms with Crippen molar-refractivity contribution >= 4 is 28.2 Å². The van der Waals surface area contributed by atoms with E-state index in [1.165, 1.54) is 7.11 Å². The first-order valence-electron chi connectivity index (χ1n) is 11.8. The molecule has 1 fully saturated rings. The number of hydrogen-bond donors (Lipinski definition) is 2. The fraction of sp³-hybridized carbons (Fsp3) is 0.259. The van der Waals surface area contributed by atoms with Crippen molar-refractivity contribution in [3.63, 3.8) is 0 Å². The van der Waals surface area contributed by atoms with Gasteiger partial charge in [0.15, 0.2) is 0 Å². The van der Waals surface area contributed by atoms with Crippen LogP contribution in [0.15, 0.2) is 67.0 Å². The van der Waals surface area contributed by atoms with Crippen molar-refractivity contribution in [3.05, 3.63) is 72.6 Å². The SMILES string of the molecule is COc1ncc2c(N3C[C@@H](C)N[C@H](C)C3)ccc(C(=O)Nc3ccc(Oc4ccccc4)nc3)c2n1. The lowest BCUT2D eigenvalue weighted by Gasteiger charge is -2.38. The summed E-state index contributed by atoms with van der Waals surface area (Å²) in [5, 5.41) is 7.26. The summed E-state index contributed by atoms with van der Waals surface area (Å²) in [6, 6.07) is 17.5. The van der Waals surface area contributed by atoms with Gasteiger partial charge in [-0.2, -0.15) is 4.98 Å². The van der Waals surface area contributed by atoms with Gasteiger partial charge in [-0.1, -0.05) is 18.2 Å². The molecule has 3 heterocycles. The molecule has 1 saturated heterocycles. The Morgan fingerprint density at radius 1 is 1.00 bits per heavy atom. The molecule has 9 heteroatoms. The van der Waals surface area contributed by atoms with E-state index in [0.29, 0.717) is 40.5 Å². The molecule has 0 aliphatic carbocycles. The Bertz CT molecular complexity index is 1350. The monoisotopic (exact) mass is 484 g/mol. The van der Waals surface area contributed by atoms with Crippen LogP contribution in [0.2, 0.25) is 0 Å². The molecule has 9 nitrogen and oxygen atoms in total. The fourth-order valence-corrected chi connectivity index (χ4v) is 4.49. The number of piperazine rings is 1. The van der Waals surface area contributed by atoms with Crippen molar-refractivity contribution in [2.24, 2.45) is 0 Å². The van der Waals surface area contributed by atoms with E-state index in [4.69, 9.17) is 9.47 Å². The van der Waals surface area contributed by atoms with Gasteiger partial charge in [-0.3, -0.25) is 4.79 Å². The summed E-state index contributed by atoms with van der Waals surface area (Å²) in [4.78, 5) is 28.8. The Labute approximate surface area is 209 Å². The minimum atomic E-state index is -0.298. The van der Waals surface area contributed by atoms with Crippen LogP contribution < -0.4 is 25.0 Å². The third-order valence-electron chi connectivity index (χ3n) is 5.99. The molecule has 0 spiro atoms. The van der Waals surface area contributed by atoms with Crippen molar-refractivity contribution < 1.29 is 14.3 Å². The molecule has 1 amide bonds. The van der Waals surface area contributed by atoms with Gasteiger partial charge in [0.05, 0.1) is 30.1 Å². The average molecular weight is 485 g/mol. The van der Waals surface area contributed by atoms with Gasteiger partial charge in [0.25, 0.3) is 5.91 Å². The zero-order valence-electron chi connectivity index (χ0n) is 20.4. The smallest absolute Gasteiger partial charge is 0.316 e. The molecule has 0 unspecified atom stereocenters. The summed E-state index contributed by atoms with van der Waals surface area (Å²) < 4.78 is 11.0. The number of benzene rings is 2. The summed E-state index contributed by atoms with van der Waals surface area (Å²) >= 11 is 0. The molecule has 2 aromatic heterocycles. The highest BCUT2D eigenvalue weighted by Gasteiger charge is 2.24. The van der Waals surface area contributed by atoms with E-state index in [1.807, 2.05) is 36.4 Å². The van der Waals surface area contributed by atoms with E-state index in [0.717, 1.165) is 24.2 Å². The van der Waals surface area contributed by atoms with Crippen LogP contribution in [0.5, 0.6) is 17.6 Å². The summed E-state index contributed by atoms with van der Waals surface area (Å²) in [6.45, 7) is 6.02. The number of nitrogens with one attached hydrogen (secondary N) is 2. The maximum Gasteiger partial charge on any atom is 0.316 e. The highest BCUT2D eigenvalue weighted by Crippen LogP contribution is 2.31. The predicted molar refractivity (Wildman–Crippen MR) is 139 cm³/mol. The number of fused-ring (bicyclic) bond motifs is 1. The molecule has 0 saturated carbocycles. The number of methoxy groups -OCH3 is 1. The number of carbonyl (C=O) groups excluding carboxylic acids is 1. The first kappa shape index (κ1) is 23.5. The van der Waals surface area contributed by atoms with Crippen LogP contribution in [0.3, 0.4) is 0 Å². The van der Waals surface area contributed by atoms with Gasteiger partial charge < -0.3 is 25.0 Å². The lowest BCUT2D eigenvalue weighted by molar-refractivity contribution is 0.102.